The average molecular weight is 376 g/mol. The van der Waals surface area contributed by atoms with Gasteiger partial charge in [0.05, 0.1) is 10.7 Å². The number of hydrogen-bond acceptors (Lipinski definition) is 4. The van der Waals surface area contributed by atoms with Gasteiger partial charge in [0.1, 0.15) is 22.9 Å². The lowest BCUT2D eigenvalue weighted by Crippen LogP contribution is -2.33. The Kier molecular flexibility index (Phi) is 4.90. The molecule has 3 rings (SSSR count). The van der Waals surface area contributed by atoms with Gasteiger partial charge in [-0.2, -0.15) is 0 Å². The molecule has 2 aromatic heterocycles. The monoisotopic (exact) mass is 375 g/mol. The summed E-state index contributed by atoms with van der Waals surface area (Å²) in [6.07, 6.45) is 0.476. The molecule has 26 heavy (non-hydrogen) atoms. The number of fused-ring (bicyclic) bond motifs is 1. The van der Waals surface area contributed by atoms with Gasteiger partial charge in [0.25, 0.3) is 11.5 Å². The van der Waals surface area contributed by atoms with Gasteiger partial charge in [-0.05, 0) is 38.1 Å². The summed E-state index contributed by atoms with van der Waals surface area (Å²) in [7, 11) is 0. The summed E-state index contributed by atoms with van der Waals surface area (Å²) in [6, 6.07) is 8.68. The van der Waals surface area contributed by atoms with E-state index >= 15 is 0 Å². The van der Waals surface area contributed by atoms with E-state index < -0.39 is 23.4 Å². The minimum Gasteiger partial charge on any atom is -0.481 e. The molecule has 0 saturated heterocycles. The minimum absolute atomic E-state index is 0.0319. The highest BCUT2D eigenvalue weighted by molar-refractivity contribution is 6.30. The van der Waals surface area contributed by atoms with Crippen LogP contribution in [-0.2, 0) is 4.79 Å². The van der Waals surface area contributed by atoms with Gasteiger partial charge in [0.15, 0.2) is 6.10 Å². The predicted molar refractivity (Wildman–Crippen MR) is 96.3 cm³/mol. The Morgan fingerprint density at radius 3 is 2.85 bits per heavy atom. The first-order valence-corrected chi connectivity index (χ1v) is 8.14. The van der Waals surface area contributed by atoms with E-state index in [9.17, 15) is 14.0 Å². The second-order valence-corrected chi connectivity index (χ2v) is 6.10. The molecule has 1 atom stereocenters. The van der Waals surface area contributed by atoms with Gasteiger partial charge in [-0.25, -0.2) is 9.37 Å². The second-order valence-electron chi connectivity index (χ2n) is 5.66. The maximum absolute atomic E-state index is 13.2. The molecule has 2 heterocycles. The van der Waals surface area contributed by atoms with E-state index in [2.05, 4.69) is 10.3 Å². The maximum Gasteiger partial charge on any atom is 0.281 e. The summed E-state index contributed by atoms with van der Waals surface area (Å²) < 4.78 is 19.9. The van der Waals surface area contributed by atoms with E-state index in [1.165, 1.54) is 41.8 Å². The van der Waals surface area contributed by atoms with Gasteiger partial charge in [-0.1, -0.05) is 17.7 Å². The van der Waals surface area contributed by atoms with Crippen molar-refractivity contribution in [3.8, 4) is 5.75 Å². The lowest BCUT2D eigenvalue weighted by atomic mass is 10.3. The zero-order chi connectivity index (χ0) is 18.8. The molecule has 0 bridgehead atoms. The molecule has 0 saturated carbocycles. The molecular weight excluding hydrogens is 361 g/mol. The fraction of sp³-hybridized carbons (Fsp3) is 0.167. The second kappa shape index (κ2) is 7.13. The molecule has 0 aliphatic rings. The van der Waals surface area contributed by atoms with Gasteiger partial charge in [0, 0.05) is 12.3 Å². The van der Waals surface area contributed by atoms with Gasteiger partial charge in [-0.15, -0.1) is 0 Å². The van der Waals surface area contributed by atoms with Crippen LogP contribution >= 0.6 is 11.6 Å². The third kappa shape index (κ3) is 3.67. The number of carbonyl (C=O) groups excluding carboxylic acids is 1. The maximum atomic E-state index is 13.2. The van der Waals surface area contributed by atoms with Gasteiger partial charge < -0.3 is 10.1 Å². The summed E-state index contributed by atoms with van der Waals surface area (Å²) in [6.45, 7) is 3.11. The minimum atomic E-state index is -0.948. The first-order valence-electron chi connectivity index (χ1n) is 7.77. The largest absolute Gasteiger partial charge is 0.481 e. The number of carbonyl (C=O) groups is 1. The van der Waals surface area contributed by atoms with Crippen molar-refractivity contribution in [1.29, 1.82) is 0 Å². The van der Waals surface area contributed by atoms with Crippen LogP contribution in [0, 0.1) is 12.7 Å². The number of pyridine rings is 1. The number of aromatic nitrogens is 2. The topological polar surface area (TPSA) is 72.7 Å². The van der Waals surface area contributed by atoms with Crippen LogP contribution in [-0.4, -0.2) is 21.4 Å². The van der Waals surface area contributed by atoms with Crippen molar-refractivity contribution in [3.63, 3.8) is 0 Å². The lowest BCUT2D eigenvalue weighted by molar-refractivity contribution is -0.122. The molecule has 0 aliphatic heterocycles. The molecule has 1 N–H and O–H groups in total. The molecule has 0 radical (unpaired) electrons. The SMILES string of the molecule is Cc1nc2ccc(Cl)cn2c(=O)c1NC(=O)[C@H](C)Oc1cccc(F)c1. The van der Waals surface area contributed by atoms with Crippen molar-refractivity contribution >= 4 is 28.8 Å². The number of anilines is 1. The Bertz CT molecular complexity index is 1050. The fourth-order valence-corrected chi connectivity index (χ4v) is 2.55. The number of rotatable bonds is 4. The van der Waals surface area contributed by atoms with Crippen LogP contribution in [0.4, 0.5) is 10.1 Å². The fourth-order valence-electron chi connectivity index (χ4n) is 2.39. The summed E-state index contributed by atoms with van der Waals surface area (Å²) in [5.41, 5.74) is 0.355. The number of aryl methyl sites for hydroxylation is 1. The van der Waals surface area contributed by atoms with Crippen molar-refractivity contribution in [2.75, 3.05) is 5.32 Å². The van der Waals surface area contributed by atoms with E-state index in [1.807, 2.05) is 0 Å². The summed E-state index contributed by atoms with van der Waals surface area (Å²) in [5.74, 6) is -0.817. The Balaban J connectivity index is 1.85. The first-order chi connectivity index (χ1) is 12.3. The third-order valence-electron chi connectivity index (χ3n) is 3.69. The average Bonchev–Trinajstić information content (AvgIpc) is 2.59. The molecular formula is C18H15ClFN3O3. The Morgan fingerprint density at radius 2 is 2.12 bits per heavy atom. The number of amides is 1. The molecule has 3 aromatic rings. The molecule has 134 valence electrons. The van der Waals surface area contributed by atoms with Crippen LogP contribution in [0.25, 0.3) is 5.65 Å². The van der Waals surface area contributed by atoms with Crippen LogP contribution in [0.2, 0.25) is 5.02 Å². The normalized spacial score (nSPS) is 12.0. The highest BCUT2D eigenvalue weighted by Crippen LogP contribution is 2.16. The van der Waals surface area contributed by atoms with Crippen molar-refractivity contribution in [2.24, 2.45) is 0 Å². The number of halogens is 2. The Hall–Kier alpha value is -2.93. The molecule has 6 nitrogen and oxygen atoms in total. The third-order valence-corrected chi connectivity index (χ3v) is 3.92. The lowest BCUT2D eigenvalue weighted by Gasteiger charge is -2.15. The number of nitrogens with one attached hydrogen (secondary N) is 1. The van der Waals surface area contributed by atoms with Crippen LogP contribution < -0.4 is 15.6 Å². The highest BCUT2D eigenvalue weighted by atomic mass is 35.5. The number of nitrogens with zero attached hydrogens (tertiary/aromatic N) is 2. The standard InChI is InChI=1S/C18H15ClFN3O3/c1-10-16(18(25)23-9-12(19)6-7-15(23)21-10)22-17(24)11(2)26-14-5-3-4-13(20)8-14/h3-9,11H,1-2H3,(H,22,24)/t11-/m0/s1. The van der Waals surface area contributed by atoms with Crippen molar-refractivity contribution in [3.05, 3.63) is 69.5 Å². The smallest absolute Gasteiger partial charge is 0.281 e. The molecule has 0 fully saturated rings. The number of hydrogen-bond donors (Lipinski definition) is 1. The molecule has 0 unspecified atom stereocenters. The van der Waals surface area contributed by atoms with E-state index in [1.54, 1.807) is 19.1 Å². The molecule has 8 heteroatoms. The van der Waals surface area contributed by atoms with Crippen LogP contribution in [0.1, 0.15) is 12.6 Å². The molecule has 1 aromatic carbocycles. The zero-order valence-corrected chi connectivity index (χ0v) is 14.7. The zero-order valence-electron chi connectivity index (χ0n) is 14.0. The molecule has 0 aliphatic carbocycles. The van der Waals surface area contributed by atoms with Crippen molar-refractivity contribution in [2.45, 2.75) is 20.0 Å². The highest BCUT2D eigenvalue weighted by Gasteiger charge is 2.19. The number of ether oxygens (including phenoxy) is 1. The summed E-state index contributed by atoms with van der Waals surface area (Å²) >= 11 is 5.92. The summed E-state index contributed by atoms with van der Waals surface area (Å²) in [5, 5.41) is 2.89. The van der Waals surface area contributed by atoms with Gasteiger partial charge in [-0.3, -0.25) is 14.0 Å². The van der Waals surface area contributed by atoms with Crippen LogP contribution in [0.15, 0.2) is 47.4 Å². The Labute approximate surface area is 153 Å². The van der Waals surface area contributed by atoms with Crippen LogP contribution in [0.3, 0.4) is 0 Å². The molecule has 0 spiro atoms. The van der Waals surface area contributed by atoms with Crippen molar-refractivity contribution in [1.82, 2.24) is 9.38 Å². The van der Waals surface area contributed by atoms with E-state index in [0.29, 0.717) is 16.4 Å². The Morgan fingerprint density at radius 1 is 1.35 bits per heavy atom. The van der Waals surface area contributed by atoms with E-state index in [-0.39, 0.29) is 11.4 Å². The number of benzene rings is 1. The quantitative estimate of drug-likeness (QED) is 0.760. The van der Waals surface area contributed by atoms with Gasteiger partial charge >= 0.3 is 0 Å². The predicted octanol–water partition coefficient (Wildman–Crippen LogP) is 3.20. The summed E-state index contributed by atoms with van der Waals surface area (Å²) in [4.78, 5) is 29.3. The van der Waals surface area contributed by atoms with Crippen molar-refractivity contribution < 1.29 is 13.9 Å². The molecule has 1 amide bonds. The first kappa shape index (κ1) is 17.9. The van der Waals surface area contributed by atoms with E-state index in [4.69, 9.17) is 16.3 Å². The van der Waals surface area contributed by atoms with E-state index in [0.717, 1.165) is 0 Å². The van der Waals surface area contributed by atoms with Crippen LogP contribution in [0.5, 0.6) is 5.75 Å². The van der Waals surface area contributed by atoms with Gasteiger partial charge in [0.2, 0.25) is 0 Å².